The van der Waals surface area contributed by atoms with Crippen LogP contribution in [0.15, 0.2) is 41.5 Å². The molecule has 0 saturated heterocycles. The number of esters is 1. The summed E-state index contributed by atoms with van der Waals surface area (Å²) in [4.78, 5) is 16.4. The summed E-state index contributed by atoms with van der Waals surface area (Å²) in [5.41, 5.74) is 1.59. The molecule has 3 nitrogen and oxygen atoms in total. The van der Waals surface area contributed by atoms with Crippen molar-refractivity contribution < 1.29 is 9.53 Å². The van der Waals surface area contributed by atoms with Gasteiger partial charge in [0, 0.05) is 16.9 Å². The van der Waals surface area contributed by atoms with Crippen molar-refractivity contribution in [2.75, 3.05) is 12.9 Å². The highest BCUT2D eigenvalue weighted by molar-refractivity contribution is 8.09. The van der Waals surface area contributed by atoms with Crippen molar-refractivity contribution in [3.05, 3.63) is 42.1 Å². The van der Waals surface area contributed by atoms with Crippen LogP contribution in [-0.4, -0.2) is 24.5 Å². The monoisotopic (exact) mass is 233 g/mol. The van der Waals surface area contributed by atoms with Gasteiger partial charge in [0.05, 0.1) is 7.11 Å². The zero-order chi connectivity index (χ0) is 11.4. The largest absolute Gasteiger partial charge is 0.465 e. The van der Waals surface area contributed by atoms with Crippen LogP contribution in [0.4, 0.5) is 0 Å². The molecule has 82 valence electrons. The molecule has 0 atom stereocenters. The Morgan fingerprint density at radius 3 is 2.69 bits per heavy atom. The topological polar surface area (TPSA) is 38.7 Å². The maximum absolute atomic E-state index is 11.2. The number of hydrogen-bond donors (Lipinski definition) is 0. The van der Waals surface area contributed by atoms with E-state index in [4.69, 9.17) is 0 Å². The molecule has 0 fully saturated rings. The maximum Gasteiger partial charge on any atom is 0.353 e. The molecule has 0 amide bonds. The van der Waals surface area contributed by atoms with Crippen molar-refractivity contribution in [2.24, 2.45) is 4.99 Å². The summed E-state index contributed by atoms with van der Waals surface area (Å²) < 4.78 is 4.62. The molecule has 4 heteroatoms. The zero-order valence-corrected chi connectivity index (χ0v) is 9.66. The van der Waals surface area contributed by atoms with E-state index in [0.29, 0.717) is 11.5 Å². The van der Waals surface area contributed by atoms with Crippen LogP contribution >= 0.6 is 11.8 Å². The van der Waals surface area contributed by atoms with E-state index in [1.807, 2.05) is 30.3 Å². The van der Waals surface area contributed by atoms with E-state index in [2.05, 4.69) is 9.73 Å². The van der Waals surface area contributed by atoms with E-state index >= 15 is 0 Å². The smallest absolute Gasteiger partial charge is 0.353 e. The normalized spacial score (nSPS) is 15.1. The molecule has 2 rings (SSSR count). The molecule has 1 heterocycles. The average Bonchev–Trinajstić information content (AvgIpc) is 2.39. The molecule has 0 N–H and O–H groups in total. The number of aliphatic imine (C=N–C) groups is 1. The Labute approximate surface area is 98.2 Å². The molecule has 1 aliphatic rings. The fraction of sp³-hybridized carbons (Fsp3) is 0.167. The van der Waals surface area contributed by atoms with Crippen LogP contribution in [0.2, 0.25) is 0 Å². The van der Waals surface area contributed by atoms with Gasteiger partial charge in [-0.25, -0.2) is 4.79 Å². The van der Waals surface area contributed by atoms with Gasteiger partial charge in [0.25, 0.3) is 0 Å². The lowest BCUT2D eigenvalue weighted by molar-refractivity contribution is -0.132. The summed E-state index contributed by atoms with van der Waals surface area (Å²) in [6.45, 7) is 0. The quantitative estimate of drug-likeness (QED) is 0.736. The fourth-order valence-corrected chi connectivity index (χ4v) is 2.26. The minimum Gasteiger partial charge on any atom is -0.465 e. The lowest BCUT2D eigenvalue weighted by atomic mass is 10.2. The highest BCUT2D eigenvalue weighted by Crippen LogP contribution is 2.30. The van der Waals surface area contributed by atoms with Crippen LogP contribution in [0.1, 0.15) is 5.56 Å². The number of carbonyl (C=O) groups is 1. The summed E-state index contributed by atoms with van der Waals surface area (Å²) in [6, 6.07) is 9.99. The highest BCUT2D eigenvalue weighted by atomic mass is 32.2. The third-order valence-electron chi connectivity index (χ3n) is 2.18. The first-order valence-corrected chi connectivity index (χ1v) is 5.83. The lowest BCUT2D eigenvalue weighted by Crippen LogP contribution is -2.19. The first kappa shape index (κ1) is 11.0. The van der Waals surface area contributed by atoms with Crippen LogP contribution in [0.3, 0.4) is 0 Å². The van der Waals surface area contributed by atoms with Gasteiger partial charge in [-0.3, -0.25) is 4.99 Å². The molecule has 0 aliphatic carbocycles. The van der Waals surface area contributed by atoms with Gasteiger partial charge in [0.1, 0.15) is 5.71 Å². The van der Waals surface area contributed by atoms with E-state index < -0.39 is 0 Å². The standard InChI is InChI=1S/C12H11NO2S/c1-15-12(14)10-8-16-11(7-13-10)9-5-3-2-4-6-9/h2-7H,8H2,1H3. The summed E-state index contributed by atoms with van der Waals surface area (Å²) >= 11 is 1.60. The number of hydrogen-bond acceptors (Lipinski definition) is 4. The Kier molecular flexibility index (Phi) is 3.41. The van der Waals surface area contributed by atoms with Gasteiger partial charge >= 0.3 is 5.97 Å². The van der Waals surface area contributed by atoms with Gasteiger partial charge in [-0.15, -0.1) is 11.8 Å². The van der Waals surface area contributed by atoms with Crippen LogP contribution in [0, 0.1) is 0 Å². The molecule has 0 unspecified atom stereocenters. The van der Waals surface area contributed by atoms with Gasteiger partial charge in [0.2, 0.25) is 0 Å². The molecular formula is C12H11NO2S. The molecular weight excluding hydrogens is 222 g/mol. The Bertz CT molecular complexity index is 451. The molecule has 0 aromatic heterocycles. The zero-order valence-electron chi connectivity index (χ0n) is 8.84. The van der Waals surface area contributed by atoms with E-state index in [9.17, 15) is 4.79 Å². The summed E-state index contributed by atoms with van der Waals surface area (Å²) in [7, 11) is 1.37. The molecule has 1 aromatic carbocycles. The number of methoxy groups -OCH3 is 1. The molecule has 1 aromatic rings. The Morgan fingerprint density at radius 1 is 1.38 bits per heavy atom. The van der Waals surface area contributed by atoms with E-state index in [0.717, 1.165) is 10.5 Å². The fourth-order valence-electron chi connectivity index (χ4n) is 1.35. The van der Waals surface area contributed by atoms with Crippen molar-refractivity contribution in [2.45, 2.75) is 0 Å². The minimum absolute atomic E-state index is 0.351. The van der Waals surface area contributed by atoms with E-state index in [-0.39, 0.29) is 5.97 Å². The number of benzene rings is 1. The summed E-state index contributed by atoms with van der Waals surface area (Å²) in [6.07, 6.45) is 1.72. The molecule has 0 saturated carbocycles. The number of thioether (sulfide) groups is 1. The predicted octanol–water partition coefficient (Wildman–Crippen LogP) is 2.35. The van der Waals surface area contributed by atoms with Crippen molar-refractivity contribution in [1.82, 2.24) is 0 Å². The lowest BCUT2D eigenvalue weighted by Gasteiger charge is -2.11. The van der Waals surface area contributed by atoms with E-state index in [1.54, 1.807) is 18.0 Å². The predicted molar refractivity (Wildman–Crippen MR) is 66.3 cm³/mol. The van der Waals surface area contributed by atoms with Crippen LogP contribution in [0.25, 0.3) is 4.91 Å². The highest BCUT2D eigenvalue weighted by Gasteiger charge is 2.16. The van der Waals surface area contributed by atoms with Crippen LogP contribution in [0.5, 0.6) is 0 Å². The summed E-state index contributed by atoms with van der Waals surface area (Å²) in [5, 5.41) is 0. The number of nitrogens with zero attached hydrogens (tertiary/aromatic N) is 1. The number of rotatable bonds is 2. The second kappa shape index (κ2) is 4.99. The van der Waals surface area contributed by atoms with Gasteiger partial charge in [-0.2, -0.15) is 0 Å². The molecule has 0 bridgehead atoms. The van der Waals surface area contributed by atoms with Crippen LogP contribution in [-0.2, 0) is 9.53 Å². The van der Waals surface area contributed by atoms with Crippen molar-refractivity contribution in [3.8, 4) is 0 Å². The van der Waals surface area contributed by atoms with Gasteiger partial charge < -0.3 is 4.74 Å². The first-order valence-electron chi connectivity index (χ1n) is 4.84. The van der Waals surface area contributed by atoms with Gasteiger partial charge in [-0.1, -0.05) is 30.3 Å². The third-order valence-corrected chi connectivity index (χ3v) is 3.25. The second-order valence-electron chi connectivity index (χ2n) is 3.22. The van der Waals surface area contributed by atoms with Crippen molar-refractivity contribution >= 4 is 28.3 Å². The third kappa shape index (κ3) is 2.33. The molecule has 1 aliphatic heterocycles. The Morgan fingerprint density at radius 2 is 2.12 bits per heavy atom. The van der Waals surface area contributed by atoms with Crippen molar-refractivity contribution in [3.63, 3.8) is 0 Å². The minimum atomic E-state index is -0.351. The Hall–Kier alpha value is -1.55. The summed E-state index contributed by atoms with van der Waals surface area (Å²) in [5.74, 6) is 0.212. The van der Waals surface area contributed by atoms with Crippen LogP contribution < -0.4 is 0 Å². The molecule has 16 heavy (non-hydrogen) atoms. The van der Waals surface area contributed by atoms with Gasteiger partial charge in [-0.05, 0) is 5.56 Å². The molecule has 0 spiro atoms. The van der Waals surface area contributed by atoms with Gasteiger partial charge in [0.15, 0.2) is 0 Å². The maximum atomic E-state index is 11.2. The SMILES string of the molecule is COC(=O)C1=NC=C(c2ccccc2)SC1. The number of ether oxygens (including phenoxy) is 1. The molecule has 0 radical (unpaired) electrons. The second-order valence-corrected chi connectivity index (χ2v) is 4.23. The Balaban J connectivity index is 2.20. The first-order chi connectivity index (χ1) is 7.81. The average molecular weight is 233 g/mol. The van der Waals surface area contributed by atoms with Crippen molar-refractivity contribution in [1.29, 1.82) is 0 Å². The van der Waals surface area contributed by atoms with E-state index in [1.165, 1.54) is 7.11 Å². The number of carbonyl (C=O) groups excluding carboxylic acids is 1.